The molecule has 0 radical (unpaired) electrons. The minimum absolute atomic E-state index is 0.307. The molecule has 5 nitrogen and oxygen atoms in total. The number of methoxy groups -OCH3 is 2. The molecule has 0 bridgehead atoms. The lowest BCUT2D eigenvalue weighted by molar-refractivity contribution is -0.0914. The standard InChI is InChI=1S/C10H16ClN3O2/c1-4-8-13-7(11)5-9(14-8)12-6-10(15-2)16-3/h5,10H,4,6H2,1-3H3,(H,12,13,14). The third-order valence-electron chi connectivity index (χ3n) is 2.03. The average molecular weight is 246 g/mol. The molecule has 0 aromatic carbocycles. The molecule has 16 heavy (non-hydrogen) atoms. The van der Waals surface area contributed by atoms with Crippen LogP contribution in [0.3, 0.4) is 0 Å². The lowest BCUT2D eigenvalue weighted by Gasteiger charge is -2.14. The second kappa shape index (κ2) is 6.62. The van der Waals surface area contributed by atoms with Gasteiger partial charge in [-0.1, -0.05) is 18.5 Å². The first kappa shape index (κ1) is 13.2. The fourth-order valence-corrected chi connectivity index (χ4v) is 1.37. The van der Waals surface area contributed by atoms with E-state index < -0.39 is 0 Å². The van der Waals surface area contributed by atoms with Crippen LogP contribution in [0.25, 0.3) is 0 Å². The fraction of sp³-hybridized carbons (Fsp3) is 0.600. The Labute approximate surface area is 100 Å². The molecule has 0 spiro atoms. The Morgan fingerprint density at radius 2 is 2.06 bits per heavy atom. The highest BCUT2D eigenvalue weighted by atomic mass is 35.5. The summed E-state index contributed by atoms with van der Waals surface area (Å²) in [6.45, 7) is 2.48. The van der Waals surface area contributed by atoms with Gasteiger partial charge in [-0.15, -0.1) is 0 Å². The fourth-order valence-electron chi connectivity index (χ4n) is 1.16. The zero-order valence-electron chi connectivity index (χ0n) is 9.66. The Hall–Kier alpha value is -0.910. The van der Waals surface area contributed by atoms with Crippen LogP contribution in [0, 0.1) is 0 Å². The summed E-state index contributed by atoms with van der Waals surface area (Å²) in [7, 11) is 3.17. The van der Waals surface area contributed by atoms with Crippen LogP contribution in [-0.4, -0.2) is 37.0 Å². The van der Waals surface area contributed by atoms with Crippen molar-refractivity contribution in [1.29, 1.82) is 0 Å². The van der Waals surface area contributed by atoms with Crippen molar-refractivity contribution >= 4 is 17.4 Å². The van der Waals surface area contributed by atoms with E-state index >= 15 is 0 Å². The second-order valence-electron chi connectivity index (χ2n) is 3.13. The van der Waals surface area contributed by atoms with Crippen LogP contribution in [-0.2, 0) is 15.9 Å². The topological polar surface area (TPSA) is 56.3 Å². The summed E-state index contributed by atoms with van der Waals surface area (Å²) in [5, 5.41) is 3.51. The highest BCUT2D eigenvalue weighted by molar-refractivity contribution is 6.29. The van der Waals surface area contributed by atoms with Crippen LogP contribution < -0.4 is 5.32 Å². The highest BCUT2D eigenvalue weighted by Crippen LogP contribution is 2.12. The van der Waals surface area contributed by atoms with E-state index in [1.807, 2.05) is 6.92 Å². The van der Waals surface area contributed by atoms with E-state index in [1.54, 1.807) is 20.3 Å². The molecule has 0 saturated heterocycles. The monoisotopic (exact) mass is 245 g/mol. The number of anilines is 1. The van der Waals surface area contributed by atoms with Gasteiger partial charge in [0.25, 0.3) is 0 Å². The third kappa shape index (κ3) is 3.92. The molecule has 0 aliphatic heterocycles. The number of hydrogen-bond donors (Lipinski definition) is 1. The molecule has 90 valence electrons. The lowest BCUT2D eigenvalue weighted by Crippen LogP contribution is -2.24. The van der Waals surface area contributed by atoms with Crippen molar-refractivity contribution in [2.24, 2.45) is 0 Å². The van der Waals surface area contributed by atoms with Gasteiger partial charge in [0.1, 0.15) is 16.8 Å². The van der Waals surface area contributed by atoms with Gasteiger partial charge in [-0.05, 0) is 0 Å². The van der Waals surface area contributed by atoms with Crippen LogP contribution >= 0.6 is 11.6 Å². The Bertz CT molecular complexity index is 332. The lowest BCUT2D eigenvalue weighted by atomic mass is 10.4. The van der Waals surface area contributed by atoms with Gasteiger partial charge in [0, 0.05) is 26.7 Å². The van der Waals surface area contributed by atoms with Crippen molar-refractivity contribution in [3.05, 3.63) is 17.0 Å². The third-order valence-corrected chi connectivity index (χ3v) is 2.23. The average Bonchev–Trinajstić information content (AvgIpc) is 2.29. The summed E-state index contributed by atoms with van der Waals surface area (Å²) in [5.74, 6) is 1.39. The van der Waals surface area contributed by atoms with Crippen molar-refractivity contribution in [1.82, 2.24) is 9.97 Å². The van der Waals surface area contributed by atoms with E-state index in [0.29, 0.717) is 23.3 Å². The van der Waals surface area contributed by atoms with Crippen LogP contribution in [0.2, 0.25) is 5.15 Å². The number of halogens is 1. The number of aryl methyl sites for hydroxylation is 1. The molecule has 0 saturated carbocycles. The molecule has 0 unspecified atom stereocenters. The summed E-state index contributed by atoms with van der Waals surface area (Å²) in [6, 6.07) is 1.67. The van der Waals surface area contributed by atoms with Gasteiger partial charge in [-0.3, -0.25) is 0 Å². The zero-order valence-corrected chi connectivity index (χ0v) is 10.4. The van der Waals surface area contributed by atoms with Crippen LogP contribution in [0.5, 0.6) is 0 Å². The molecule has 1 N–H and O–H groups in total. The highest BCUT2D eigenvalue weighted by Gasteiger charge is 2.06. The second-order valence-corrected chi connectivity index (χ2v) is 3.51. The molecule has 0 amide bonds. The van der Waals surface area contributed by atoms with E-state index in [0.717, 1.165) is 6.42 Å². The van der Waals surface area contributed by atoms with Crippen LogP contribution in [0.15, 0.2) is 6.07 Å². The van der Waals surface area contributed by atoms with E-state index in [4.69, 9.17) is 21.1 Å². The van der Waals surface area contributed by atoms with Gasteiger partial charge in [-0.25, -0.2) is 9.97 Å². The van der Waals surface area contributed by atoms with Crippen molar-refractivity contribution in [2.75, 3.05) is 26.1 Å². The molecule has 0 atom stereocenters. The van der Waals surface area contributed by atoms with Gasteiger partial charge in [0.2, 0.25) is 0 Å². The molecule has 1 aromatic heterocycles. The van der Waals surface area contributed by atoms with Crippen molar-refractivity contribution in [3.63, 3.8) is 0 Å². The minimum atomic E-state index is -0.307. The van der Waals surface area contributed by atoms with E-state index in [-0.39, 0.29) is 6.29 Å². The van der Waals surface area contributed by atoms with Gasteiger partial charge in [-0.2, -0.15) is 0 Å². The molecular formula is C10H16ClN3O2. The maximum atomic E-state index is 5.86. The summed E-state index contributed by atoms with van der Waals surface area (Å²) >= 11 is 5.86. The number of nitrogens with one attached hydrogen (secondary N) is 1. The van der Waals surface area contributed by atoms with Gasteiger partial charge >= 0.3 is 0 Å². The zero-order chi connectivity index (χ0) is 12.0. The van der Waals surface area contributed by atoms with Crippen molar-refractivity contribution in [3.8, 4) is 0 Å². The van der Waals surface area contributed by atoms with Gasteiger partial charge in [0.05, 0.1) is 6.54 Å². The normalized spacial score (nSPS) is 10.8. The Balaban J connectivity index is 2.62. The van der Waals surface area contributed by atoms with E-state index in [2.05, 4.69) is 15.3 Å². The quantitative estimate of drug-likeness (QED) is 0.611. The maximum Gasteiger partial charge on any atom is 0.173 e. The summed E-state index contributed by atoms with van der Waals surface area (Å²) in [4.78, 5) is 8.35. The summed E-state index contributed by atoms with van der Waals surface area (Å²) < 4.78 is 10.1. The summed E-state index contributed by atoms with van der Waals surface area (Å²) in [5.41, 5.74) is 0. The van der Waals surface area contributed by atoms with Crippen LogP contribution in [0.1, 0.15) is 12.7 Å². The maximum absolute atomic E-state index is 5.86. The van der Waals surface area contributed by atoms with Gasteiger partial charge < -0.3 is 14.8 Å². The van der Waals surface area contributed by atoms with E-state index in [9.17, 15) is 0 Å². The number of nitrogens with zero attached hydrogens (tertiary/aromatic N) is 2. The summed E-state index contributed by atoms with van der Waals surface area (Å²) in [6.07, 6.45) is 0.437. The molecule has 0 aliphatic rings. The largest absolute Gasteiger partial charge is 0.365 e. The first-order valence-electron chi connectivity index (χ1n) is 5.02. The smallest absolute Gasteiger partial charge is 0.173 e. The Morgan fingerprint density at radius 1 is 1.38 bits per heavy atom. The number of hydrogen-bond acceptors (Lipinski definition) is 5. The molecule has 1 aromatic rings. The first-order chi connectivity index (χ1) is 7.69. The first-order valence-corrected chi connectivity index (χ1v) is 5.40. The molecular weight excluding hydrogens is 230 g/mol. The van der Waals surface area contributed by atoms with Crippen molar-refractivity contribution in [2.45, 2.75) is 19.6 Å². The Morgan fingerprint density at radius 3 is 2.62 bits per heavy atom. The molecule has 0 aliphatic carbocycles. The molecule has 6 heteroatoms. The predicted molar refractivity (Wildman–Crippen MR) is 62.7 cm³/mol. The SMILES string of the molecule is CCc1nc(Cl)cc(NCC(OC)OC)n1. The predicted octanol–water partition coefficient (Wildman–Crippen LogP) is 1.72. The number of ether oxygens (including phenoxy) is 2. The Kier molecular flexibility index (Phi) is 5.45. The number of aromatic nitrogens is 2. The van der Waals surface area contributed by atoms with E-state index in [1.165, 1.54) is 0 Å². The number of rotatable bonds is 6. The minimum Gasteiger partial charge on any atom is -0.365 e. The molecule has 0 fully saturated rings. The molecule has 1 rings (SSSR count). The van der Waals surface area contributed by atoms with Gasteiger partial charge in [0.15, 0.2) is 6.29 Å². The van der Waals surface area contributed by atoms with Crippen molar-refractivity contribution < 1.29 is 9.47 Å². The molecule has 1 heterocycles. The van der Waals surface area contributed by atoms with Crippen LogP contribution in [0.4, 0.5) is 5.82 Å².